The fraction of sp³-hybridized carbons (Fsp3) is 0.353. The van der Waals surface area contributed by atoms with Gasteiger partial charge in [0, 0.05) is 20.1 Å². The maximum Gasteiger partial charge on any atom is 0.220 e. The van der Waals surface area contributed by atoms with Crippen molar-refractivity contribution in [2.45, 2.75) is 56.7 Å². The monoisotopic (exact) mass is 600 g/mol. The number of aliphatic hydroxyl groups is 1. The molecule has 1 aliphatic heterocycles. The normalized spacial score (nSPS) is 21.7. The van der Waals surface area contributed by atoms with Crippen LogP contribution in [0.2, 0.25) is 0 Å². The average Bonchev–Trinajstić information content (AvgIpc) is 3.03. The van der Waals surface area contributed by atoms with Crippen LogP contribution in [0.15, 0.2) is 89.9 Å². The van der Waals surface area contributed by atoms with Crippen LogP contribution in [0.4, 0.5) is 0 Å². The Morgan fingerprint density at radius 3 is 2.14 bits per heavy atom. The van der Waals surface area contributed by atoms with Gasteiger partial charge in [0.2, 0.25) is 5.91 Å². The van der Waals surface area contributed by atoms with Gasteiger partial charge >= 0.3 is 0 Å². The minimum atomic E-state index is -1.08. The molecule has 0 spiro atoms. The highest BCUT2D eigenvalue weighted by Gasteiger charge is 2.47. The van der Waals surface area contributed by atoms with E-state index in [9.17, 15) is 9.90 Å². The number of amides is 1. The first-order valence-corrected chi connectivity index (χ1v) is 14.8. The number of hydrogen-bond donors (Lipinski definition) is 4. The van der Waals surface area contributed by atoms with Crippen LogP contribution in [0.25, 0.3) is 21.5 Å². The number of hydrogen-bond acceptors (Lipinski definition) is 7. The molecule has 0 bridgehead atoms. The summed E-state index contributed by atoms with van der Waals surface area (Å²) >= 11 is 0. The number of ether oxygens (including phenoxy) is 4. The van der Waals surface area contributed by atoms with Crippen LogP contribution in [-0.4, -0.2) is 67.9 Å². The minimum Gasteiger partial charge on any atom is -0.388 e. The molecule has 1 amide bonds. The smallest absolute Gasteiger partial charge is 0.220 e. The van der Waals surface area contributed by atoms with E-state index in [1.165, 1.54) is 7.11 Å². The molecule has 44 heavy (non-hydrogen) atoms. The van der Waals surface area contributed by atoms with E-state index in [0.29, 0.717) is 19.6 Å². The van der Waals surface area contributed by atoms with Gasteiger partial charge in [-0.25, -0.2) is 0 Å². The van der Waals surface area contributed by atoms with Crippen molar-refractivity contribution in [3.8, 4) is 0 Å². The molecule has 1 saturated heterocycles. The number of benzene rings is 4. The maximum absolute atomic E-state index is 12.9. The number of carbonyl (C=O) groups is 1. The Morgan fingerprint density at radius 1 is 0.909 bits per heavy atom. The number of fused-ring (bicyclic) bond motifs is 2. The van der Waals surface area contributed by atoms with E-state index in [1.807, 2.05) is 48.5 Å². The highest BCUT2D eigenvalue weighted by Crippen LogP contribution is 2.27. The van der Waals surface area contributed by atoms with Crippen molar-refractivity contribution in [2.75, 3.05) is 20.3 Å². The molecule has 0 radical (unpaired) electrons. The van der Waals surface area contributed by atoms with Crippen LogP contribution in [0, 0.1) is 0 Å². The molecular weight excluding hydrogens is 560 g/mol. The highest BCUT2D eigenvalue weighted by molar-refractivity contribution is 5.83. The summed E-state index contributed by atoms with van der Waals surface area (Å²) in [5.41, 5.74) is 12.7. The molecule has 1 heterocycles. The number of nitrogens with one attached hydrogen (secondary N) is 1. The highest BCUT2D eigenvalue weighted by atomic mass is 16.7. The van der Waals surface area contributed by atoms with E-state index in [4.69, 9.17) is 30.4 Å². The molecule has 1 fully saturated rings. The van der Waals surface area contributed by atoms with Crippen LogP contribution in [0.1, 0.15) is 24.0 Å². The lowest BCUT2D eigenvalue weighted by Gasteiger charge is -2.44. The van der Waals surface area contributed by atoms with Gasteiger partial charge in [0.15, 0.2) is 12.2 Å². The lowest BCUT2D eigenvalue weighted by Crippen LogP contribution is -2.65. The zero-order valence-electron chi connectivity index (χ0n) is 24.8. The van der Waals surface area contributed by atoms with E-state index in [-0.39, 0.29) is 31.5 Å². The fourth-order valence-corrected chi connectivity index (χ4v) is 5.47. The zero-order chi connectivity index (χ0) is 30.9. The molecule has 4 aromatic rings. The van der Waals surface area contributed by atoms with E-state index in [1.54, 1.807) is 0 Å². The molecule has 1 unspecified atom stereocenters. The lowest BCUT2D eigenvalue weighted by molar-refractivity contribution is -0.279. The van der Waals surface area contributed by atoms with Gasteiger partial charge in [0.1, 0.15) is 24.4 Å². The van der Waals surface area contributed by atoms with Gasteiger partial charge < -0.3 is 40.8 Å². The second-order valence-electron chi connectivity index (χ2n) is 10.9. The summed E-state index contributed by atoms with van der Waals surface area (Å²) in [6.07, 6.45) is -2.92. The van der Waals surface area contributed by atoms with E-state index in [0.717, 1.165) is 32.7 Å². The van der Waals surface area contributed by atoms with Crippen molar-refractivity contribution in [2.24, 2.45) is 16.5 Å². The Hall–Kier alpha value is -4.06. The van der Waals surface area contributed by atoms with Crippen molar-refractivity contribution >= 4 is 33.4 Å². The molecule has 232 valence electrons. The first kappa shape index (κ1) is 31.4. The van der Waals surface area contributed by atoms with E-state index in [2.05, 4.69) is 46.7 Å². The molecule has 1 aliphatic rings. The molecule has 10 nitrogen and oxygen atoms in total. The number of guanidine groups is 1. The van der Waals surface area contributed by atoms with E-state index < -0.39 is 30.6 Å². The topological polar surface area (TPSA) is 151 Å². The third kappa shape index (κ3) is 8.10. The summed E-state index contributed by atoms with van der Waals surface area (Å²) in [5, 5.41) is 18.7. The zero-order valence-corrected chi connectivity index (χ0v) is 24.8. The van der Waals surface area contributed by atoms with Gasteiger partial charge in [-0.2, -0.15) is 0 Å². The van der Waals surface area contributed by atoms with Gasteiger partial charge in [-0.15, -0.1) is 0 Å². The standard InChI is InChI=1S/C34H40N4O6/c1-41-32-30(38-29(39)11-6-16-37-34(35)36)33(43-20-23-13-15-25-8-3-5-10-27(25)18-23)44-28(31(32)40)21-42-19-22-12-14-24-7-2-4-9-26(24)17-22/h2-5,7-10,12-15,17-18,28,30-33,40H,6,11,16,19-21H2,1H3,(H,38,39)(H4,35,36,37)/t28-,30-,31-,32-,33?/m1/s1. The number of carbonyl (C=O) groups excluding carboxylic acids is 1. The third-order valence-corrected chi connectivity index (χ3v) is 7.72. The minimum absolute atomic E-state index is 0.0234. The molecule has 0 aromatic heterocycles. The number of methoxy groups -OCH3 is 1. The molecule has 0 aliphatic carbocycles. The van der Waals surface area contributed by atoms with Crippen molar-refractivity contribution in [3.63, 3.8) is 0 Å². The average molecular weight is 601 g/mol. The van der Waals surface area contributed by atoms with Crippen molar-refractivity contribution in [1.29, 1.82) is 0 Å². The summed E-state index contributed by atoms with van der Waals surface area (Å²) < 4.78 is 24.3. The number of aliphatic imine (C=N–C) groups is 1. The van der Waals surface area contributed by atoms with Gasteiger partial charge in [-0.3, -0.25) is 9.79 Å². The van der Waals surface area contributed by atoms with Crippen LogP contribution in [0.3, 0.4) is 0 Å². The Kier molecular flexibility index (Phi) is 10.8. The quantitative estimate of drug-likeness (QED) is 0.104. The lowest BCUT2D eigenvalue weighted by atomic mass is 9.96. The Morgan fingerprint density at radius 2 is 1.52 bits per heavy atom. The van der Waals surface area contributed by atoms with Crippen molar-refractivity contribution in [1.82, 2.24) is 5.32 Å². The second-order valence-corrected chi connectivity index (χ2v) is 10.9. The molecule has 10 heteroatoms. The summed E-state index contributed by atoms with van der Waals surface area (Å²) in [4.78, 5) is 16.8. The van der Waals surface area contributed by atoms with Crippen LogP contribution in [0.5, 0.6) is 0 Å². The largest absolute Gasteiger partial charge is 0.388 e. The molecule has 5 atom stereocenters. The Bertz CT molecular complexity index is 1580. The SMILES string of the molecule is CO[C@H]1[C@H](O)[C@@H](COCc2ccc3ccccc3c2)OC(OCc2ccc3ccccc3c2)[C@@H]1NC(=O)CCCN=C(N)N. The maximum atomic E-state index is 12.9. The van der Waals surface area contributed by atoms with Gasteiger partial charge in [-0.05, 0) is 51.2 Å². The van der Waals surface area contributed by atoms with Crippen molar-refractivity contribution < 1.29 is 28.8 Å². The number of aliphatic hydroxyl groups excluding tert-OH is 1. The van der Waals surface area contributed by atoms with Crippen LogP contribution < -0.4 is 16.8 Å². The number of nitrogens with zero attached hydrogens (tertiary/aromatic N) is 1. The fourth-order valence-electron chi connectivity index (χ4n) is 5.47. The molecule has 4 aromatic carbocycles. The summed E-state index contributed by atoms with van der Waals surface area (Å²) in [6, 6.07) is 27.7. The molecular formula is C34H40N4O6. The second kappa shape index (κ2) is 15.1. The predicted octanol–water partition coefficient (Wildman–Crippen LogP) is 3.37. The van der Waals surface area contributed by atoms with Crippen LogP contribution in [-0.2, 0) is 37.0 Å². The molecule has 5 rings (SSSR count). The molecule has 0 saturated carbocycles. The van der Waals surface area contributed by atoms with Crippen molar-refractivity contribution in [3.05, 3.63) is 96.1 Å². The third-order valence-electron chi connectivity index (χ3n) is 7.72. The summed E-state index contributed by atoms with van der Waals surface area (Å²) in [7, 11) is 1.49. The first-order chi connectivity index (χ1) is 21.4. The number of rotatable bonds is 13. The van der Waals surface area contributed by atoms with Gasteiger partial charge in [-0.1, -0.05) is 72.8 Å². The first-order valence-electron chi connectivity index (χ1n) is 14.8. The summed E-state index contributed by atoms with van der Waals surface area (Å²) in [5.74, 6) is -0.284. The van der Waals surface area contributed by atoms with Gasteiger partial charge in [0.25, 0.3) is 0 Å². The Balaban J connectivity index is 1.27. The number of nitrogens with two attached hydrogens (primary N) is 2. The van der Waals surface area contributed by atoms with Crippen LogP contribution >= 0.6 is 0 Å². The van der Waals surface area contributed by atoms with E-state index >= 15 is 0 Å². The molecule has 6 N–H and O–H groups in total. The Labute approximate surface area is 256 Å². The predicted molar refractivity (Wildman–Crippen MR) is 170 cm³/mol. The summed E-state index contributed by atoms with van der Waals surface area (Å²) in [6.45, 7) is 0.992. The van der Waals surface area contributed by atoms with Gasteiger partial charge in [0.05, 0.1) is 19.8 Å².